The van der Waals surface area contributed by atoms with Crippen LogP contribution in [0.15, 0.2) is 24.3 Å². The van der Waals surface area contributed by atoms with Gasteiger partial charge in [0.25, 0.3) is 0 Å². The van der Waals surface area contributed by atoms with Crippen molar-refractivity contribution in [2.75, 3.05) is 0 Å². The highest BCUT2D eigenvalue weighted by atomic mass is 16.3. The van der Waals surface area contributed by atoms with Gasteiger partial charge in [0.15, 0.2) is 0 Å². The lowest BCUT2D eigenvalue weighted by Crippen LogP contribution is -2.15. The Bertz CT molecular complexity index is 349. The topological polar surface area (TPSA) is 20.2 Å². The third kappa shape index (κ3) is 4.51. The van der Waals surface area contributed by atoms with Gasteiger partial charge in [-0.1, -0.05) is 52.0 Å². The van der Waals surface area contributed by atoms with Crippen LogP contribution < -0.4 is 0 Å². The average molecular weight is 234 g/mol. The number of hydrogen-bond acceptors (Lipinski definition) is 1. The standard InChI is InChI=1S/C16H26O/c1-12(11-15(2,3)4)13-7-9-14(10-8-13)16(5,6)17/h7-10,12,17H,11H2,1-6H3. The lowest BCUT2D eigenvalue weighted by molar-refractivity contribution is 0.0786. The zero-order valence-corrected chi connectivity index (χ0v) is 12.0. The maximum absolute atomic E-state index is 9.90. The molecule has 1 heteroatoms. The van der Waals surface area contributed by atoms with Gasteiger partial charge in [0, 0.05) is 0 Å². The Kier molecular flexibility index (Phi) is 4.03. The lowest BCUT2D eigenvalue weighted by atomic mass is 9.82. The molecule has 17 heavy (non-hydrogen) atoms. The Morgan fingerprint density at radius 2 is 1.47 bits per heavy atom. The van der Waals surface area contributed by atoms with Crippen molar-refractivity contribution < 1.29 is 5.11 Å². The molecule has 1 unspecified atom stereocenters. The molecule has 0 saturated carbocycles. The summed E-state index contributed by atoms with van der Waals surface area (Å²) < 4.78 is 0. The summed E-state index contributed by atoms with van der Waals surface area (Å²) in [7, 11) is 0. The van der Waals surface area contributed by atoms with Crippen molar-refractivity contribution in [1.29, 1.82) is 0 Å². The first kappa shape index (κ1) is 14.2. The first-order valence-corrected chi connectivity index (χ1v) is 6.42. The first-order chi connectivity index (χ1) is 7.59. The highest BCUT2D eigenvalue weighted by Gasteiger charge is 2.18. The molecule has 0 fully saturated rings. The normalized spacial score (nSPS) is 14.8. The van der Waals surface area contributed by atoms with Gasteiger partial charge < -0.3 is 5.11 Å². The third-order valence-electron chi connectivity index (χ3n) is 3.10. The van der Waals surface area contributed by atoms with Crippen molar-refractivity contribution in [3.05, 3.63) is 35.4 Å². The number of rotatable bonds is 3. The number of benzene rings is 1. The fourth-order valence-electron chi connectivity index (χ4n) is 2.26. The van der Waals surface area contributed by atoms with Crippen molar-refractivity contribution >= 4 is 0 Å². The molecular formula is C16H26O. The predicted octanol–water partition coefficient (Wildman–Crippen LogP) is 4.45. The second-order valence-electron chi connectivity index (χ2n) is 6.85. The van der Waals surface area contributed by atoms with E-state index >= 15 is 0 Å². The zero-order chi connectivity index (χ0) is 13.3. The maximum Gasteiger partial charge on any atom is 0.0840 e. The van der Waals surface area contributed by atoms with E-state index in [9.17, 15) is 5.11 Å². The van der Waals surface area contributed by atoms with Crippen LogP contribution in [0.4, 0.5) is 0 Å². The van der Waals surface area contributed by atoms with Crippen molar-refractivity contribution in [2.24, 2.45) is 5.41 Å². The summed E-state index contributed by atoms with van der Waals surface area (Å²) >= 11 is 0. The summed E-state index contributed by atoms with van der Waals surface area (Å²) in [4.78, 5) is 0. The van der Waals surface area contributed by atoms with Gasteiger partial charge in [0.05, 0.1) is 5.60 Å². The van der Waals surface area contributed by atoms with E-state index < -0.39 is 5.60 Å². The fourth-order valence-corrected chi connectivity index (χ4v) is 2.26. The Hall–Kier alpha value is -0.820. The number of hydrogen-bond donors (Lipinski definition) is 1. The summed E-state index contributed by atoms with van der Waals surface area (Å²) in [5.74, 6) is 0.561. The van der Waals surface area contributed by atoms with Crippen LogP contribution >= 0.6 is 0 Å². The van der Waals surface area contributed by atoms with Crippen molar-refractivity contribution in [3.63, 3.8) is 0 Å². The SMILES string of the molecule is CC(CC(C)(C)C)c1ccc(C(C)(C)O)cc1. The average Bonchev–Trinajstić information content (AvgIpc) is 2.14. The molecule has 96 valence electrons. The molecule has 0 spiro atoms. The summed E-state index contributed by atoms with van der Waals surface area (Å²) in [6.45, 7) is 12.7. The molecule has 0 aliphatic rings. The summed E-state index contributed by atoms with van der Waals surface area (Å²) in [6.07, 6.45) is 1.18. The Labute approximate surface area is 106 Å². The number of aliphatic hydroxyl groups is 1. The minimum Gasteiger partial charge on any atom is -0.386 e. The van der Waals surface area contributed by atoms with Crippen molar-refractivity contribution in [1.82, 2.24) is 0 Å². The van der Waals surface area contributed by atoms with E-state index in [-0.39, 0.29) is 0 Å². The highest BCUT2D eigenvalue weighted by molar-refractivity contribution is 5.28. The fraction of sp³-hybridized carbons (Fsp3) is 0.625. The van der Waals surface area contributed by atoms with E-state index in [1.54, 1.807) is 0 Å². The Balaban J connectivity index is 2.81. The van der Waals surface area contributed by atoms with E-state index in [1.165, 1.54) is 12.0 Å². The minimum atomic E-state index is -0.744. The summed E-state index contributed by atoms with van der Waals surface area (Å²) in [6, 6.07) is 8.36. The molecular weight excluding hydrogens is 208 g/mol. The smallest absolute Gasteiger partial charge is 0.0840 e. The second kappa shape index (κ2) is 4.81. The molecule has 1 atom stereocenters. The van der Waals surface area contributed by atoms with Gasteiger partial charge in [-0.3, -0.25) is 0 Å². The van der Waals surface area contributed by atoms with E-state index in [4.69, 9.17) is 0 Å². The van der Waals surface area contributed by atoms with Crippen LogP contribution in [0.25, 0.3) is 0 Å². The predicted molar refractivity (Wildman–Crippen MR) is 74.2 cm³/mol. The molecule has 0 aliphatic heterocycles. The Morgan fingerprint density at radius 1 is 1.00 bits per heavy atom. The largest absolute Gasteiger partial charge is 0.386 e. The minimum absolute atomic E-state index is 0.355. The molecule has 0 saturated heterocycles. The van der Waals surface area contributed by atoms with Crippen LogP contribution in [0, 0.1) is 5.41 Å². The first-order valence-electron chi connectivity index (χ1n) is 6.42. The maximum atomic E-state index is 9.90. The molecule has 1 N–H and O–H groups in total. The molecule has 1 nitrogen and oxygen atoms in total. The summed E-state index contributed by atoms with van der Waals surface area (Å²) in [5.41, 5.74) is 1.94. The molecule has 0 amide bonds. The van der Waals surface area contributed by atoms with Gasteiger partial charge in [-0.05, 0) is 42.7 Å². The Morgan fingerprint density at radius 3 is 1.82 bits per heavy atom. The molecule has 0 aliphatic carbocycles. The van der Waals surface area contributed by atoms with Crippen LogP contribution in [-0.2, 0) is 5.60 Å². The van der Waals surface area contributed by atoms with Gasteiger partial charge in [-0.15, -0.1) is 0 Å². The monoisotopic (exact) mass is 234 g/mol. The van der Waals surface area contributed by atoms with Gasteiger partial charge in [-0.2, -0.15) is 0 Å². The molecule has 0 radical (unpaired) electrons. The van der Waals surface area contributed by atoms with Crippen molar-refractivity contribution in [2.45, 2.75) is 59.5 Å². The summed E-state index contributed by atoms with van der Waals surface area (Å²) in [5, 5.41) is 9.90. The van der Waals surface area contributed by atoms with Gasteiger partial charge in [-0.25, -0.2) is 0 Å². The van der Waals surface area contributed by atoms with E-state index in [0.717, 1.165) is 5.56 Å². The van der Waals surface area contributed by atoms with Gasteiger partial charge >= 0.3 is 0 Å². The zero-order valence-electron chi connectivity index (χ0n) is 12.0. The third-order valence-corrected chi connectivity index (χ3v) is 3.10. The molecule has 1 rings (SSSR count). The van der Waals surface area contributed by atoms with Crippen LogP contribution in [0.2, 0.25) is 0 Å². The second-order valence-corrected chi connectivity index (χ2v) is 6.85. The van der Waals surface area contributed by atoms with Crippen LogP contribution in [-0.4, -0.2) is 5.11 Å². The van der Waals surface area contributed by atoms with Gasteiger partial charge in [0.1, 0.15) is 0 Å². The molecule has 1 aromatic carbocycles. The molecule has 0 aromatic heterocycles. The molecule has 0 bridgehead atoms. The van der Waals surface area contributed by atoms with E-state index in [2.05, 4.69) is 39.8 Å². The highest BCUT2D eigenvalue weighted by Crippen LogP contribution is 2.31. The van der Waals surface area contributed by atoms with Gasteiger partial charge in [0.2, 0.25) is 0 Å². The van der Waals surface area contributed by atoms with Crippen molar-refractivity contribution in [3.8, 4) is 0 Å². The molecule has 1 aromatic rings. The van der Waals surface area contributed by atoms with Crippen LogP contribution in [0.1, 0.15) is 65.0 Å². The lowest BCUT2D eigenvalue weighted by Gasteiger charge is -2.24. The van der Waals surface area contributed by atoms with E-state index in [1.807, 2.05) is 26.0 Å². The van der Waals surface area contributed by atoms with E-state index in [0.29, 0.717) is 11.3 Å². The molecule has 0 heterocycles. The van der Waals surface area contributed by atoms with Crippen LogP contribution in [0.5, 0.6) is 0 Å². The quantitative estimate of drug-likeness (QED) is 0.819. The van der Waals surface area contributed by atoms with Crippen LogP contribution in [0.3, 0.4) is 0 Å².